The molecule has 0 aromatic heterocycles. The van der Waals surface area contributed by atoms with Crippen LogP contribution in [0.25, 0.3) is 6.08 Å². The number of carbonyl (C=O) groups is 3. The van der Waals surface area contributed by atoms with E-state index < -0.39 is 17.1 Å². The Morgan fingerprint density at radius 1 is 1.06 bits per heavy atom. The summed E-state index contributed by atoms with van der Waals surface area (Å²) in [4.78, 5) is 39.3. The van der Waals surface area contributed by atoms with Gasteiger partial charge in [0.1, 0.15) is 5.82 Å². The predicted molar refractivity (Wildman–Crippen MR) is 140 cm³/mol. The van der Waals surface area contributed by atoms with E-state index in [0.717, 1.165) is 20.2 Å². The van der Waals surface area contributed by atoms with Crippen molar-refractivity contribution in [1.82, 2.24) is 4.90 Å². The van der Waals surface area contributed by atoms with Crippen LogP contribution >= 0.6 is 34.4 Å². The van der Waals surface area contributed by atoms with Gasteiger partial charge in [0.15, 0.2) is 11.5 Å². The molecular formula is C26H19FINO5S. The highest BCUT2D eigenvalue weighted by Crippen LogP contribution is 2.35. The summed E-state index contributed by atoms with van der Waals surface area (Å²) in [7, 11) is 0. The van der Waals surface area contributed by atoms with Crippen LogP contribution in [0.3, 0.4) is 0 Å². The van der Waals surface area contributed by atoms with E-state index in [1.54, 1.807) is 43.3 Å². The van der Waals surface area contributed by atoms with Gasteiger partial charge in [-0.05, 0) is 94.9 Å². The Hall–Kier alpha value is -3.18. The monoisotopic (exact) mass is 603 g/mol. The molecular weight excluding hydrogens is 584 g/mol. The van der Waals surface area contributed by atoms with Crippen LogP contribution in [-0.4, -0.2) is 28.6 Å². The molecule has 0 N–H and O–H groups in total. The number of rotatable bonds is 7. The fraction of sp³-hybridized carbons (Fsp3) is 0.115. The van der Waals surface area contributed by atoms with Crippen LogP contribution in [0, 0.1) is 9.39 Å². The summed E-state index contributed by atoms with van der Waals surface area (Å²) >= 11 is 2.90. The summed E-state index contributed by atoms with van der Waals surface area (Å²) in [6.45, 7) is 2.20. The van der Waals surface area contributed by atoms with Crippen molar-refractivity contribution in [3.8, 4) is 11.5 Å². The highest BCUT2D eigenvalue weighted by molar-refractivity contribution is 14.1. The summed E-state index contributed by atoms with van der Waals surface area (Å²) in [5.41, 5.74) is 1.69. The second-order valence-electron chi connectivity index (χ2n) is 7.40. The zero-order valence-electron chi connectivity index (χ0n) is 18.5. The first kappa shape index (κ1) is 24.9. The van der Waals surface area contributed by atoms with Crippen LogP contribution in [0.2, 0.25) is 0 Å². The molecule has 1 aliphatic rings. The lowest BCUT2D eigenvalue weighted by atomic mass is 10.1. The average molecular weight is 603 g/mol. The number of carbonyl (C=O) groups excluding carboxylic acids is 3. The first-order valence-electron chi connectivity index (χ1n) is 10.6. The summed E-state index contributed by atoms with van der Waals surface area (Å²) in [5.74, 6) is -0.744. The Balaban J connectivity index is 1.54. The minimum absolute atomic E-state index is 0.0552. The zero-order valence-corrected chi connectivity index (χ0v) is 21.5. The Labute approximate surface area is 219 Å². The molecule has 0 unspecified atom stereocenters. The number of ether oxygens (including phenoxy) is 2. The number of halogens is 2. The van der Waals surface area contributed by atoms with Crippen molar-refractivity contribution in [2.75, 3.05) is 6.61 Å². The van der Waals surface area contributed by atoms with Crippen molar-refractivity contribution in [3.63, 3.8) is 0 Å². The molecule has 0 atom stereocenters. The molecule has 4 rings (SSSR count). The average Bonchev–Trinajstić information content (AvgIpc) is 3.09. The van der Waals surface area contributed by atoms with Gasteiger partial charge in [-0.1, -0.05) is 30.3 Å². The van der Waals surface area contributed by atoms with Gasteiger partial charge in [0.25, 0.3) is 11.1 Å². The molecule has 1 fully saturated rings. The molecule has 2 amide bonds. The van der Waals surface area contributed by atoms with E-state index in [4.69, 9.17) is 9.47 Å². The first-order chi connectivity index (χ1) is 16.9. The predicted octanol–water partition coefficient (Wildman–Crippen LogP) is 6.28. The lowest BCUT2D eigenvalue weighted by Gasteiger charge is -2.13. The van der Waals surface area contributed by atoms with Gasteiger partial charge in [-0.25, -0.2) is 9.18 Å². The molecule has 1 heterocycles. The Morgan fingerprint density at radius 2 is 1.80 bits per heavy atom. The molecule has 0 bridgehead atoms. The lowest BCUT2D eigenvalue weighted by molar-refractivity contribution is -0.123. The fourth-order valence-electron chi connectivity index (χ4n) is 3.31. The SMILES string of the molecule is CCOc1cc(/C=C2\SC(=O)N(Cc3ccc(F)cc3)C2=O)ccc1OC(=O)c1ccccc1I. The highest BCUT2D eigenvalue weighted by Gasteiger charge is 2.35. The molecule has 3 aromatic rings. The maximum Gasteiger partial charge on any atom is 0.344 e. The highest BCUT2D eigenvalue weighted by atomic mass is 127. The summed E-state index contributed by atoms with van der Waals surface area (Å²) in [6, 6.07) is 17.6. The van der Waals surface area contributed by atoms with Crippen LogP contribution < -0.4 is 9.47 Å². The van der Waals surface area contributed by atoms with Crippen molar-refractivity contribution >= 4 is 57.5 Å². The smallest absolute Gasteiger partial charge is 0.344 e. The number of amides is 2. The third kappa shape index (κ3) is 5.91. The Morgan fingerprint density at radius 3 is 2.51 bits per heavy atom. The Kier molecular flexibility index (Phi) is 7.86. The number of thioether (sulfide) groups is 1. The number of hydrogen-bond acceptors (Lipinski definition) is 6. The van der Waals surface area contributed by atoms with Gasteiger partial charge in [-0.2, -0.15) is 0 Å². The lowest BCUT2D eigenvalue weighted by Crippen LogP contribution is -2.27. The van der Waals surface area contributed by atoms with Gasteiger partial charge in [-0.15, -0.1) is 0 Å². The quantitative estimate of drug-likeness (QED) is 0.137. The fourth-order valence-corrected chi connectivity index (χ4v) is 4.75. The molecule has 35 heavy (non-hydrogen) atoms. The van der Waals surface area contributed by atoms with E-state index in [9.17, 15) is 18.8 Å². The number of imide groups is 1. The third-order valence-electron chi connectivity index (χ3n) is 4.99. The van der Waals surface area contributed by atoms with Crippen LogP contribution in [-0.2, 0) is 11.3 Å². The number of benzene rings is 3. The van der Waals surface area contributed by atoms with Crippen LogP contribution in [0.5, 0.6) is 11.5 Å². The van der Waals surface area contributed by atoms with Crippen LogP contribution in [0.4, 0.5) is 9.18 Å². The molecule has 3 aromatic carbocycles. The molecule has 6 nitrogen and oxygen atoms in total. The van der Waals surface area contributed by atoms with Gasteiger partial charge in [0.05, 0.1) is 23.6 Å². The maximum absolute atomic E-state index is 13.1. The standard InChI is InChI=1S/C26H19FINO5S/c1-2-33-22-13-17(9-12-21(22)34-25(31)19-5-3-4-6-20(19)28)14-23-24(30)29(26(32)35-23)15-16-7-10-18(27)11-8-16/h3-14H,2,15H2,1H3/b23-14-. The number of nitrogens with zero attached hydrogens (tertiary/aromatic N) is 1. The molecule has 0 saturated carbocycles. The number of hydrogen-bond donors (Lipinski definition) is 0. The van der Waals surface area contributed by atoms with Crippen molar-refractivity contribution in [1.29, 1.82) is 0 Å². The molecule has 9 heteroatoms. The molecule has 1 aliphatic heterocycles. The van der Waals surface area contributed by atoms with Gasteiger partial charge >= 0.3 is 5.97 Å². The molecule has 0 aliphatic carbocycles. The van der Waals surface area contributed by atoms with E-state index in [-0.39, 0.29) is 23.0 Å². The van der Waals surface area contributed by atoms with Crippen molar-refractivity contribution in [2.45, 2.75) is 13.5 Å². The Bertz CT molecular complexity index is 1330. The summed E-state index contributed by atoms with van der Waals surface area (Å²) in [5, 5.41) is -0.404. The molecule has 0 spiro atoms. The second kappa shape index (κ2) is 11.0. The normalized spacial score (nSPS) is 14.5. The minimum Gasteiger partial charge on any atom is -0.490 e. The minimum atomic E-state index is -0.509. The van der Waals surface area contributed by atoms with Gasteiger partial charge in [0, 0.05) is 3.57 Å². The van der Waals surface area contributed by atoms with Crippen molar-refractivity contribution in [3.05, 3.63) is 97.7 Å². The van der Waals surface area contributed by atoms with Crippen molar-refractivity contribution in [2.24, 2.45) is 0 Å². The van der Waals surface area contributed by atoms with E-state index in [0.29, 0.717) is 29.0 Å². The summed E-state index contributed by atoms with van der Waals surface area (Å²) < 4.78 is 25.1. The molecule has 178 valence electrons. The van der Waals surface area contributed by atoms with Crippen molar-refractivity contribution < 1.29 is 28.2 Å². The van der Waals surface area contributed by atoms with Gasteiger partial charge < -0.3 is 9.47 Å². The van der Waals surface area contributed by atoms with E-state index in [1.165, 1.54) is 24.3 Å². The first-order valence-corrected chi connectivity index (χ1v) is 12.5. The van der Waals surface area contributed by atoms with E-state index >= 15 is 0 Å². The third-order valence-corrected chi connectivity index (χ3v) is 6.84. The van der Waals surface area contributed by atoms with Gasteiger partial charge in [-0.3, -0.25) is 14.5 Å². The molecule has 0 radical (unpaired) electrons. The van der Waals surface area contributed by atoms with Crippen LogP contribution in [0.1, 0.15) is 28.4 Å². The molecule has 1 saturated heterocycles. The van der Waals surface area contributed by atoms with Crippen LogP contribution in [0.15, 0.2) is 71.6 Å². The maximum atomic E-state index is 13.1. The van der Waals surface area contributed by atoms with Gasteiger partial charge in [0.2, 0.25) is 0 Å². The number of esters is 1. The topological polar surface area (TPSA) is 72.9 Å². The zero-order chi connectivity index (χ0) is 24.9. The summed E-state index contributed by atoms with van der Waals surface area (Å²) in [6.07, 6.45) is 1.59. The second-order valence-corrected chi connectivity index (χ2v) is 9.56. The van der Waals surface area contributed by atoms with E-state index in [1.807, 2.05) is 12.1 Å². The largest absolute Gasteiger partial charge is 0.490 e. The van der Waals surface area contributed by atoms with E-state index in [2.05, 4.69) is 22.6 Å².